The fourth-order valence-corrected chi connectivity index (χ4v) is 2.76. The molecular formula is C16H26N2O2. The molecular weight excluding hydrogens is 252 g/mol. The molecule has 1 aliphatic rings. The van der Waals surface area contributed by atoms with Crippen LogP contribution < -0.4 is 10.1 Å². The Balaban J connectivity index is 1.89. The largest absolute Gasteiger partial charge is 0.504 e. The van der Waals surface area contributed by atoms with E-state index in [0.29, 0.717) is 18.4 Å². The van der Waals surface area contributed by atoms with Gasteiger partial charge in [0.05, 0.1) is 6.61 Å². The summed E-state index contributed by atoms with van der Waals surface area (Å²) in [5, 5.41) is 13.3. The van der Waals surface area contributed by atoms with Crippen molar-refractivity contribution < 1.29 is 9.84 Å². The standard InChI is InChI=1S/C16H26N2O2/c1-3-20-16-10-13(7-8-15(16)19)11-18(2)12-14-6-4-5-9-17-14/h7-8,10,14,17,19H,3-6,9,11-12H2,1-2H3. The zero-order valence-electron chi connectivity index (χ0n) is 12.6. The number of nitrogens with zero attached hydrogens (tertiary/aromatic N) is 1. The zero-order chi connectivity index (χ0) is 14.4. The molecule has 1 fully saturated rings. The first kappa shape index (κ1) is 15.1. The molecule has 0 amide bonds. The lowest BCUT2D eigenvalue weighted by atomic mass is 10.0. The van der Waals surface area contributed by atoms with Crippen molar-refractivity contribution in [2.24, 2.45) is 0 Å². The molecule has 1 atom stereocenters. The number of phenolic OH excluding ortho intramolecular Hbond substituents is 1. The van der Waals surface area contributed by atoms with Crippen LogP contribution in [0.25, 0.3) is 0 Å². The summed E-state index contributed by atoms with van der Waals surface area (Å²) in [5.74, 6) is 0.793. The van der Waals surface area contributed by atoms with E-state index in [9.17, 15) is 5.11 Å². The molecule has 0 aliphatic carbocycles. The molecule has 2 rings (SSSR count). The van der Waals surface area contributed by atoms with E-state index in [1.807, 2.05) is 19.1 Å². The van der Waals surface area contributed by atoms with Gasteiger partial charge in [0.1, 0.15) is 0 Å². The van der Waals surface area contributed by atoms with E-state index >= 15 is 0 Å². The second kappa shape index (κ2) is 7.50. The van der Waals surface area contributed by atoms with Crippen LogP contribution in [0.3, 0.4) is 0 Å². The Bertz CT molecular complexity index is 417. The molecule has 1 unspecified atom stereocenters. The summed E-state index contributed by atoms with van der Waals surface area (Å²) in [4.78, 5) is 2.32. The van der Waals surface area contributed by atoms with E-state index < -0.39 is 0 Å². The fraction of sp³-hybridized carbons (Fsp3) is 0.625. The Kier molecular flexibility index (Phi) is 5.68. The highest BCUT2D eigenvalue weighted by molar-refractivity contribution is 5.41. The van der Waals surface area contributed by atoms with E-state index in [2.05, 4.69) is 17.3 Å². The molecule has 112 valence electrons. The highest BCUT2D eigenvalue weighted by Crippen LogP contribution is 2.27. The molecule has 20 heavy (non-hydrogen) atoms. The highest BCUT2D eigenvalue weighted by Gasteiger charge is 2.15. The van der Waals surface area contributed by atoms with Gasteiger partial charge < -0.3 is 20.1 Å². The monoisotopic (exact) mass is 278 g/mol. The molecule has 1 aromatic rings. The summed E-state index contributed by atoms with van der Waals surface area (Å²) in [6.07, 6.45) is 3.90. The minimum absolute atomic E-state index is 0.215. The molecule has 4 heteroatoms. The first-order valence-electron chi connectivity index (χ1n) is 7.55. The minimum Gasteiger partial charge on any atom is -0.504 e. The highest BCUT2D eigenvalue weighted by atomic mass is 16.5. The van der Waals surface area contributed by atoms with Crippen molar-refractivity contribution in [1.82, 2.24) is 10.2 Å². The topological polar surface area (TPSA) is 44.7 Å². The summed E-state index contributed by atoms with van der Waals surface area (Å²) in [6, 6.07) is 6.22. The number of phenols is 1. The van der Waals surface area contributed by atoms with Gasteiger partial charge in [0, 0.05) is 19.1 Å². The quantitative estimate of drug-likeness (QED) is 0.838. The van der Waals surface area contributed by atoms with Crippen molar-refractivity contribution in [3.63, 3.8) is 0 Å². The lowest BCUT2D eigenvalue weighted by Gasteiger charge is -2.28. The molecule has 1 aromatic carbocycles. The van der Waals surface area contributed by atoms with E-state index in [1.165, 1.54) is 24.8 Å². The van der Waals surface area contributed by atoms with Crippen molar-refractivity contribution in [3.8, 4) is 11.5 Å². The number of hydrogen-bond donors (Lipinski definition) is 2. The number of nitrogens with one attached hydrogen (secondary N) is 1. The predicted octanol–water partition coefficient (Wildman–Crippen LogP) is 2.36. The average Bonchev–Trinajstić information content (AvgIpc) is 2.44. The smallest absolute Gasteiger partial charge is 0.161 e. The second-order valence-corrected chi connectivity index (χ2v) is 5.58. The molecule has 0 spiro atoms. The summed E-state index contributed by atoms with van der Waals surface area (Å²) in [7, 11) is 2.14. The van der Waals surface area contributed by atoms with Gasteiger partial charge in [-0.3, -0.25) is 0 Å². The van der Waals surface area contributed by atoms with E-state index in [0.717, 1.165) is 19.6 Å². The first-order valence-corrected chi connectivity index (χ1v) is 7.55. The van der Waals surface area contributed by atoms with Crippen LogP contribution >= 0.6 is 0 Å². The molecule has 0 bridgehead atoms. The number of likely N-dealkylation sites (N-methyl/N-ethyl adjacent to an activating group) is 1. The summed E-state index contributed by atoms with van der Waals surface area (Å²) in [6.45, 7) is 5.57. The fourth-order valence-electron chi connectivity index (χ4n) is 2.76. The number of hydrogen-bond acceptors (Lipinski definition) is 4. The van der Waals surface area contributed by atoms with Crippen molar-refractivity contribution in [1.29, 1.82) is 0 Å². The van der Waals surface area contributed by atoms with Crippen LogP contribution in [0.15, 0.2) is 18.2 Å². The Hall–Kier alpha value is -1.26. The molecule has 0 radical (unpaired) electrons. The second-order valence-electron chi connectivity index (χ2n) is 5.58. The van der Waals surface area contributed by atoms with Gasteiger partial charge in [-0.2, -0.15) is 0 Å². The number of benzene rings is 1. The SMILES string of the molecule is CCOc1cc(CN(C)CC2CCCCN2)ccc1O. The third-order valence-corrected chi connectivity index (χ3v) is 3.72. The van der Waals surface area contributed by atoms with Gasteiger partial charge in [0.2, 0.25) is 0 Å². The normalized spacial score (nSPS) is 19.2. The zero-order valence-corrected chi connectivity index (χ0v) is 12.6. The van der Waals surface area contributed by atoms with Gasteiger partial charge in [-0.15, -0.1) is 0 Å². The van der Waals surface area contributed by atoms with Gasteiger partial charge in [-0.05, 0) is 51.1 Å². The van der Waals surface area contributed by atoms with Crippen LogP contribution in [0.1, 0.15) is 31.7 Å². The van der Waals surface area contributed by atoms with Crippen molar-refractivity contribution >= 4 is 0 Å². The van der Waals surface area contributed by atoms with Gasteiger partial charge in [-0.1, -0.05) is 12.5 Å². The predicted molar refractivity (Wildman–Crippen MR) is 81.3 cm³/mol. The molecule has 1 heterocycles. The third kappa shape index (κ3) is 4.39. The van der Waals surface area contributed by atoms with Crippen LogP contribution in [-0.4, -0.2) is 42.8 Å². The Morgan fingerprint density at radius 2 is 2.25 bits per heavy atom. The van der Waals surface area contributed by atoms with Gasteiger partial charge in [0.25, 0.3) is 0 Å². The Labute approximate surface area is 121 Å². The first-order chi connectivity index (χ1) is 9.69. The average molecular weight is 278 g/mol. The van der Waals surface area contributed by atoms with E-state index in [1.54, 1.807) is 6.07 Å². The van der Waals surface area contributed by atoms with Crippen molar-refractivity contribution in [3.05, 3.63) is 23.8 Å². The van der Waals surface area contributed by atoms with Gasteiger partial charge >= 0.3 is 0 Å². The van der Waals surface area contributed by atoms with E-state index in [4.69, 9.17) is 4.74 Å². The molecule has 1 saturated heterocycles. The maximum Gasteiger partial charge on any atom is 0.161 e. The van der Waals surface area contributed by atoms with Crippen LogP contribution in [0.2, 0.25) is 0 Å². The molecule has 0 saturated carbocycles. The van der Waals surface area contributed by atoms with Gasteiger partial charge in [-0.25, -0.2) is 0 Å². The molecule has 2 N–H and O–H groups in total. The maximum atomic E-state index is 9.71. The van der Waals surface area contributed by atoms with Crippen LogP contribution in [0, 0.1) is 0 Å². The van der Waals surface area contributed by atoms with Crippen molar-refractivity contribution in [2.75, 3.05) is 26.7 Å². The van der Waals surface area contributed by atoms with Crippen molar-refractivity contribution in [2.45, 2.75) is 38.8 Å². The van der Waals surface area contributed by atoms with Gasteiger partial charge in [0.15, 0.2) is 11.5 Å². The summed E-state index contributed by atoms with van der Waals surface area (Å²) < 4.78 is 5.43. The number of piperidine rings is 1. The molecule has 0 aromatic heterocycles. The van der Waals surface area contributed by atoms with Crippen LogP contribution in [-0.2, 0) is 6.54 Å². The van der Waals surface area contributed by atoms with E-state index in [-0.39, 0.29) is 5.75 Å². The number of rotatable bonds is 6. The molecule has 4 nitrogen and oxygen atoms in total. The Morgan fingerprint density at radius 3 is 2.95 bits per heavy atom. The third-order valence-electron chi connectivity index (χ3n) is 3.72. The lowest BCUT2D eigenvalue weighted by Crippen LogP contribution is -2.42. The number of ether oxygens (including phenoxy) is 1. The lowest BCUT2D eigenvalue weighted by molar-refractivity contribution is 0.255. The minimum atomic E-state index is 0.215. The number of aromatic hydroxyl groups is 1. The maximum absolute atomic E-state index is 9.71. The molecule has 1 aliphatic heterocycles. The summed E-state index contributed by atoms with van der Waals surface area (Å²) in [5.41, 5.74) is 1.17. The summed E-state index contributed by atoms with van der Waals surface area (Å²) >= 11 is 0. The van der Waals surface area contributed by atoms with Crippen LogP contribution in [0.5, 0.6) is 11.5 Å². The van der Waals surface area contributed by atoms with Crippen LogP contribution in [0.4, 0.5) is 0 Å². The Morgan fingerprint density at radius 1 is 1.40 bits per heavy atom.